The molecule has 0 spiro atoms. The lowest BCUT2D eigenvalue weighted by Gasteiger charge is -2.38. The number of ether oxygens (including phenoxy) is 5. The van der Waals surface area contributed by atoms with Crippen molar-refractivity contribution < 1.29 is 82.8 Å². The number of carbonyl (C=O) groups excluding carboxylic acids is 7. The van der Waals surface area contributed by atoms with Crippen LogP contribution in [0.1, 0.15) is 126 Å². The van der Waals surface area contributed by atoms with Crippen LogP contribution in [0.4, 0.5) is 0 Å². The van der Waals surface area contributed by atoms with Crippen LogP contribution >= 0.6 is 0 Å². The number of esters is 2. The van der Waals surface area contributed by atoms with E-state index in [2.05, 4.69) is 0 Å². The molecule has 0 radical (unpaired) electrons. The van der Waals surface area contributed by atoms with Gasteiger partial charge in [-0.05, 0) is 101 Å². The van der Waals surface area contributed by atoms with E-state index in [1.54, 1.807) is 39.0 Å². The van der Waals surface area contributed by atoms with Crippen molar-refractivity contribution in [3.63, 3.8) is 0 Å². The van der Waals surface area contributed by atoms with E-state index in [0.717, 1.165) is 10.5 Å². The van der Waals surface area contributed by atoms with Crippen molar-refractivity contribution in [2.24, 2.45) is 40.9 Å². The van der Waals surface area contributed by atoms with Crippen LogP contribution in [0.15, 0.2) is 47.6 Å². The molecule has 1 saturated carbocycles. The molecule has 2 heterocycles. The maximum Gasteiger partial charge on any atom is 0.329 e. The lowest BCUT2D eigenvalue weighted by Crippen LogP contribution is -2.53. The fourth-order valence-corrected chi connectivity index (χ4v) is 10.1. The van der Waals surface area contributed by atoms with Crippen molar-refractivity contribution in [1.29, 1.82) is 0 Å². The third-order valence-corrected chi connectivity index (χ3v) is 15.4. The first-order valence-corrected chi connectivity index (χ1v) is 26.3. The van der Waals surface area contributed by atoms with E-state index >= 15 is 0 Å². The summed E-state index contributed by atoms with van der Waals surface area (Å²) in [7, 11) is 4.30. The second-order valence-electron chi connectivity index (χ2n) is 21.6. The normalized spacial score (nSPS) is 33.4. The summed E-state index contributed by atoms with van der Waals surface area (Å²) < 4.78 is 28.9. The van der Waals surface area contributed by atoms with Gasteiger partial charge in [0.25, 0.3) is 11.7 Å². The van der Waals surface area contributed by atoms with E-state index in [9.17, 15) is 59.1 Å². The molecule has 0 bridgehead atoms. The van der Waals surface area contributed by atoms with E-state index in [4.69, 9.17) is 23.7 Å². The Labute approximate surface area is 437 Å². The molecule has 1 saturated heterocycles. The van der Waals surface area contributed by atoms with Crippen molar-refractivity contribution in [2.45, 2.75) is 181 Å². The quantitative estimate of drug-likeness (QED) is 0.149. The fraction of sp³-hybridized carbons (Fsp3) is 0.732. The van der Waals surface area contributed by atoms with Gasteiger partial charge in [-0.25, -0.2) is 4.79 Å². The molecule has 0 aromatic carbocycles. The van der Waals surface area contributed by atoms with Crippen LogP contribution in [-0.4, -0.2) is 167 Å². The van der Waals surface area contributed by atoms with Crippen molar-refractivity contribution in [1.82, 2.24) is 4.90 Å². The first kappa shape index (κ1) is 64.0. The SMILES string of the molecule is COC1CC(O)CC(O)C(C)C(=O)C(=O)C(=O)N2CCCCC2C(=O)OC(C(C)CC2CCC(OC(=O)C(C)(CO)CO)C(OC)C2)CC(=O)C(C)=CC(C)C(O)C(OC)C(=O)C(C)CC(C)C=CC=CC=C1C. The highest BCUT2D eigenvalue weighted by Crippen LogP contribution is 2.36. The number of amides is 1. The number of rotatable bonds is 10. The molecule has 15 unspecified atom stereocenters. The Bertz CT molecular complexity index is 2020. The first-order valence-electron chi connectivity index (χ1n) is 26.3. The topological polar surface area (TPSA) is 270 Å². The van der Waals surface area contributed by atoms with E-state index < -0.39 is 132 Å². The number of allylic oxidation sites excluding steroid dienone is 6. The van der Waals surface area contributed by atoms with Crippen LogP contribution in [0.2, 0.25) is 0 Å². The molecular formula is C56H87NO17. The summed E-state index contributed by atoms with van der Waals surface area (Å²) in [5, 5.41) is 53.1. The minimum Gasteiger partial charge on any atom is -0.460 e. The summed E-state index contributed by atoms with van der Waals surface area (Å²) in [6.45, 7) is 12.0. The van der Waals surface area contributed by atoms with Crippen molar-refractivity contribution in [3.05, 3.63) is 47.6 Å². The van der Waals surface area contributed by atoms with E-state index in [1.807, 2.05) is 39.0 Å². The number of hydrogen-bond donors (Lipinski definition) is 5. The molecule has 2 fully saturated rings. The van der Waals surface area contributed by atoms with Crippen LogP contribution in [0.5, 0.6) is 0 Å². The lowest BCUT2D eigenvalue weighted by atomic mass is 9.78. The monoisotopic (exact) mass is 1050 g/mol. The molecule has 18 nitrogen and oxygen atoms in total. The van der Waals surface area contributed by atoms with Crippen LogP contribution in [0.25, 0.3) is 0 Å². The predicted molar refractivity (Wildman–Crippen MR) is 274 cm³/mol. The molecule has 3 rings (SSSR count). The van der Waals surface area contributed by atoms with Gasteiger partial charge in [0, 0.05) is 64.9 Å². The Morgan fingerprint density at radius 3 is 2.14 bits per heavy atom. The standard InChI is InChI=1S/C56H87NO17/c1-32-17-13-12-14-18-33(2)45(70-9)28-40(60)27-43(62)38(7)50(65)51(66)53(67)57-22-16-15-19-41(57)54(68)73-46(29-42(61)34(3)24-37(6)49(64)52(72-11)48(63)36(5)23-32)35(4)25-39-20-21-44(47(26-39)71-10)74-55(69)56(8,30-58)31-59/h12-14,17-18,24,32,35-41,43-47,49,52,58-60,62,64H,15-16,19-23,25-31H2,1-11H3. The van der Waals surface area contributed by atoms with Gasteiger partial charge in [-0.1, -0.05) is 71.1 Å². The summed E-state index contributed by atoms with van der Waals surface area (Å²) in [5.74, 6) is -9.45. The number of aliphatic hydroxyl groups excluding tert-OH is 5. The van der Waals surface area contributed by atoms with Crippen molar-refractivity contribution in [2.75, 3.05) is 41.1 Å². The van der Waals surface area contributed by atoms with E-state index in [0.29, 0.717) is 44.9 Å². The summed E-state index contributed by atoms with van der Waals surface area (Å²) in [4.78, 5) is 97.4. The number of nitrogens with zero attached hydrogens (tertiary/aromatic N) is 1. The number of fused-ring (bicyclic) bond motifs is 1. The highest BCUT2D eigenvalue weighted by atomic mass is 16.6. The van der Waals surface area contributed by atoms with E-state index in [-0.39, 0.29) is 55.4 Å². The number of Topliss-reactive ketones (excluding diaryl/α,β-unsaturated/α-hetero) is 4. The number of aliphatic hydroxyl groups is 5. The highest BCUT2D eigenvalue weighted by Gasteiger charge is 2.44. The Morgan fingerprint density at radius 2 is 1.51 bits per heavy atom. The number of cyclic esters (lactones) is 1. The zero-order valence-corrected chi connectivity index (χ0v) is 45.6. The number of carbonyl (C=O) groups is 7. The molecule has 2 aliphatic heterocycles. The van der Waals surface area contributed by atoms with Gasteiger partial charge < -0.3 is 54.1 Å². The highest BCUT2D eigenvalue weighted by molar-refractivity contribution is 6.63. The molecule has 5 N–H and O–H groups in total. The molecule has 3 aliphatic rings. The second kappa shape index (κ2) is 30.5. The van der Waals surface area contributed by atoms with Crippen LogP contribution in [0.3, 0.4) is 0 Å². The number of methoxy groups -OCH3 is 3. The third kappa shape index (κ3) is 17.9. The van der Waals surface area contributed by atoms with Gasteiger partial charge >= 0.3 is 11.9 Å². The summed E-state index contributed by atoms with van der Waals surface area (Å²) in [6, 6.07) is -1.29. The number of ketones is 4. The Morgan fingerprint density at radius 1 is 0.838 bits per heavy atom. The first-order chi connectivity index (χ1) is 34.9. The Hall–Kier alpha value is -4.27. The summed E-state index contributed by atoms with van der Waals surface area (Å²) >= 11 is 0. The zero-order valence-electron chi connectivity index (χ0n) is 45.6. The molecule has 418 valence electrons. The van der Waals surface area contributed by atoms with Crippen LogP contribution < -0.4 is 0 Å². The molecule has 74 heavy (non-hydrogen) atoms. The van der Waals surface area contributed by atoms with Gasteiger partial charge in [-0.3, -0.25) is 28.8 Å². The van der Waals surface area contributed by atoms with E-state index in [1.165, 1.54) is 35.2 Å². The number of hydrogen-bond acceptors (Lipinski definition) is 17. The molecule has 18 heteroatoms. The average Bonchev–Trinajstić information content (AvgIpc) is 3.38. The Balaban J connectivity index is 2.01. The molecule has 1 amide bonds. The minimum absolute atomic E-state index is 0.0375. The molecule has 15 atom stereocenters. The van der Waals surface area contributed by atoms with Gasteiger partial charge in [0.15, 0.2) is 11.6 Å². The minimum atomic E-state index is -1.51. The maximum absolute atomic E-state index is 14.4. The largest absolute Gasteiger partial charge is 0.460 e. The van der Waals surface area contributed by atoms with Gasteiger partial charge in [0.2, 0.25) is 5.78 Å². The smallest absolute Gasteiger partial charge is 0.329 e. The lowest BCUT2D eigenvalue weighted by molar-refractivity contribution is -0.177. The molecule has 0 aromatic rings. The fourth-order valence-electron chi connectivity index (χ4n) is 10.1. The molecular weight excluding hydrogens is 959 g/mol. The number of piperidine rings is 1. The van der Waals surface area contributed by atoms with Gasteiger partial charge in [-0.15, -0.1) is 0 Å². The predicted octanol–water partition coefficient (Wildman–Crippen LogP) is 4.54. The van der Waals surface area contributed by atoms with Crippen molar-refractivity contribution in [3.8, 4) is 0 Å². The summed E-state index contributed by atoms with van der Waals surface area (Å²) in [6.07, 6.45) is 5.32. The molecule has 1 aliphatic carbocycles. The average molecular weight is 1050 g/mol. The Kier molecular flexibility index (Phi) is 26.4. The van der Waals surface area contributed by atoms with Gasteiger partial charge in [0.1, 0.15) is 29.8 Å². The van der Waals surface area contributed by atoms with Crippen molar-refractivity contribution >= 4 is 41.0 Å². The third-order valence-electron chi connectivity index (χ3n) is 15.4. The zero-order chi connectivity index (χ0) is 55.6. The molecule has 0 aromatic heterocycles. The second-order valence-corrected chi connectivity index (χ2v) is 21.6. The van der Waals surface area contributed by atoms with Gasteiger partial charge in [-0.2, -0.15) is 0 Å². The van der Waals surface area contributed by atoms with Crippen LogP contribution in [0, 0.1) is 40.9 Å². The van der Waals surface area contributed by atoms with Crippen LogP contribution in [-0.2, 0) is 57.2 Å². The van der Waals surface area contributed by atoms with Gasteiger partial charge in [0.05, 0.1) is 43.7 Å². The maximum atomic E-state index is 14.4. The summed E-state index contributed by atoms with van der Waals surface area (Å²) in [5.41, 5.74) is -0.518.